The van der Waals surface area contributed by atoms with Gasteiger partial charge in [-0.15, -0.1) is 35.3 Å². The van der Waals surface area contributed by atoms with Gasteiger partial charge in [-0.25, -0.2) is 0 Å². The number of thiophene rings is 1. The summed E-state index contributed by atoms with van der Waals surface area (Å²) in [4.78, 5) is 7.94. The Morgan fingerprint density at radius 3 is 2.89 bits per heavy atom. The van der Waals surface area contributed by atoms with E-state index in [-0.39, 0.29) is 24.0 Å². The van der Waals surface area contributed by atoms with Crippen molar-refractivity contribution >= 4 is 53.0 Å². The van der Waals surface area contributed by atoms with E-state index in [1.165, 1.54) is 17.1 Å². The average molecular weight is 413 g/mol. The highest BCUT2D eigenvalue weighted by molar-refractivity contribution is 14.0. The second-order valence-corrected chi connectivity index (χ2v) is 6.09. The molecule has 0 saturated carbocycles. The van der Waals surface area contributed by atoms with Crippen molar-refractivity contribution in [1.29, 1.82) is 0 Å². The van der Waals surface area contributed by atoms with E-state index in [1.807, 2.05) is 30.1 Å². The van der Waals surface area contributed by atoms with E-state index in [4.69, 9.17) is 0 Å². The molecule has 1 aromatic rings. The van der Waals surface area contributed by atoms with Crippen LogP contribution in [0.5, 0.6) is 0 Å². The number of likely N-dealkylation sites (N-methyl/N-ethyl adjacent to an activating group) is 1. The van der Waals surface area contributed by atoms with Crippen LogP contribution in [0.25, 0.3) is 0 Å². The predicted molar refractivity (Wildman–Crippen MR) is 100 cm³/mol. The zero-order valence-electron chi connectivity index (χ0n) is 11.9. The van der Waals surface area contributed by atoms with Gasteiger partial charge in [0.05, 0.1) is 0 Å². The predicted octanol–water partition coefficient (Wildman–Crippen LogP) is 3.17. The molecule has 1 aromatic heterocycles. The first-order chi connectivity index (χ1) is 8.77. The minimum atomic E-state index is 0. The number of nitrogens with zero attached hydrogens (tertiary/aromatic N) is 2. The van der Waals surface area contributed by atoms with Crippen molar-refractivity contribution in [1.82, 2.24) is 10.2 Å². The van der Waals surface area contributed by atoms with Gasteiger partial charge in [0.15, 0.2) is 5.96 Å². The maximum Gasteiger partial charge on any atom is 0.193 e. The quantitative estimate of drug-likeness (QED) is 0.322. The molecule has 0 aromatic carbocycles. The van der Waals surface area contributed by atoms with Crippen molar-refractivity contribution in [3.63, 3.8) is 0 Å². The van der Waals surface area contributed by atoms with Gasteiger partial charge in [0.25, 0.3) is 0 Å². The lowest BCUT2D eigenvalue weighted by Gasteiger charge is -2.21. The van der Waals surface area contributed by atoms with Crippen molar-refractivity contribution in [3.8, 4) is 0 Å². The molecule has 0 amide bonds. The number of hydrogen-bond donors (Lipinski definition) is 1. The van der Waals surface area contributed by atoms with Crippen LogP contribution in [0.15, 0.2) is 22.5 Å². The van der Waals surface area contributed by atoms with Gasteiger partial charge in [0.2, 0.25) is 0 Å². The van der Waals surface area contributed by atoms with Crippen molar-refractivity contribution in [3.05, 3.63) is 22.4 Å². The molecule has 0 radical (unpaired) electrons. The highest BCUT2D eigenvalue weighted by Crippen LogP contribution is 2.09. The summed E-state index contributed by atoms with van der Waals surface area (Å²) in [7, 11) is 3.94. The van der Waals surface area contributed by atoms with Crippen LogP contribution in [-0.2, 0) is 6.42 Å². The highest BCUT2D eigenvalue weighted by Gasteiger charge is 2.05. The molecule has 0 fully saturated rings. The van der Waals surface area contributed by atoms with Gasteiger partial charge in [-0.1, -0.05) is 6.07 Å². The van der Waals surface area contributed by atoms with E-state index in [1.54, 1.807) is 0 Å². The summed E-state index contributed by atoms with van der Waals surface area (Å²) < 4.78 is 0. The van der Waals surface area contributed by atoms with Crippen LogP contribution in [0, 0.1) is 0 Å². The molecule has 0 spiro atoms. The molecule has 0 aliphatic carbocycles. The number of thioether (sulfide) groups is 1. The summed E-state index contributed by atoms with van der Waals surface area (Å²) in [6.07, 6.45) is 4.40. The van der Waals surface area contributed by atoms with Gasteiger partial charge in [-0.2, -0.15) is 11.8 Å². The van der Waals surface area contributed by atoms with Gasteiger partial charge >= 0.3 is 0 Å². The molecule has 1 heterocycles. The fraction of sp³-hybridized carbons (Fsp3) is 0.615. The Balaban J connectivity index is 0.00000324. The van der Waals surface area contributed by atoms with Crippen LogP contribution in [0.3, 0.4) is 0 Å². The second kappa shape index (κ2) is 11.8. The lowest BCUT2D eigenvalue weighted by molar-refractivity contribution is 0.486. The molecule has 0 atom stereocenters. The SMILES string of the molecule is CN=C(NCCCSC)N(C)CCc1cccs1.I. The summed E-state index contributed by atoms with van der Waals surface area (Å²) >= 11 is 3.70. The third-order valence-corrected chi connectivity index (χ3v) is 4.29. The molecular weight excluding hydrogens is 389 g/mol. The molecule has 0 bridgehead atoms. The van der Waals surface area contributed by atoms with Crippen LogP contribution in [0.2, 0.25) is 0 Å². The standard InChI is InChI=1S/C13H23N3S2.HI/c1-14-13(15-8-5-10-17-3)16(2)9-7-12-6-4-11-18-12;/h4,6,11H,5,7-10H2,1-3H3,(H,14,15);1H. The van der Waals surface area contributed by atoms with Crippen molar-refractivity contribution < 1.29 is 0 Å². The third-order valence-electron chi connectivity index (χ3n) is 2.66. The van der Waals surface area contributed by atoms with Gasteiger partial charge in [0, 0.05) is 32.1 Å². The minimum Gasteiger partial charge on any atom is -0.356 e. The van der Waals surface area contributed by atoms with E-state index >= 15 is 0 Å². The molecule has 1 rings (SSSR count). The Kier molecular flexibility index (Phi) is 11.9. The molecule has 6 heteroatoms. The van der Waals surface area contributed by atoms with Crippen molar-refractivity contribution in [2.45, 2.75) is 12.8 Å². The number of rotatable bonds is 7. The Bertz CT molecular complexity index is 342. The first-order valence-corrected chi connectivity index (χ1v) is 8.48. The van der Waals surface area contributed by atoms with E-state index in [2.05, 4.69) is 46.0 Å². The summed E-state index contributed by atoms with van der Waals surface area (Å²) in [5, 5.41) is 5.53. The van der Waals surface area contributed by atoms with Crippen LogP contribution >= 0.6 is 47.1 Å². The normalized spacial score (nSPS) is 11.0. The number of nitrogens with one attached hydrogen (secondary N) is 1. The van der Waals surface area contributed by atoms with Crippen LogP contribution in [0.4, 0.5) is 0 Å². The number of hydrogen-bond acceptors (Lipinski definition) is 3. The molecule has 19 heavy (non-hydrogen) atoms. The van der Waals surface area contributed by atoms with Crippen molar-refractivity contribution in [2.75, 3.05) is 39.2 Å². The first-order valence-electron chi connectivity index (χ1n) is 6.21. The fourth-order valence-corrected chi connectivity index (χ4v) is 2.77. The highest BCUT2D eigenvalue weighted by atomic mass is 127. The number of halogens is 1. The lowest BCUT2D eigenvalue weighted by atomic mass is 10.3. The maximum atomic E-state index is 4.31. The monoisotopic (exact) mass is 413 g/mol. The van der Waals surface area contributed by atoms with Crippen LogP contribution in [-0.4, -0.2) is 50.1 Å². The summed E-state index contributed by atoms with van der Waals surface area (Å²) in [6.45, 7) is 2.00. The minimum absolute atomic E-state index is 0. The fourth-order valence-electron chi connectivity index (χ4n) is 1.64. The van der Waals surface area contributed by atoms with Crippen LogP contribution < -0.4 is 5.32 Å². The Morgan fingerprint density at radius 2 is 2.32 bits per heavy atom. The smallest absolute Gasteiger partial charge is 0.193 e. The average Bonchev–Trinajstić information content (AvgIpc) is 2.89. The van der Waals surface area contributed by atoms with E-state index in [9.17, 15) is 0 Å². The zero-order chi connectivity index (χ0) is 13.2. The molecule has 110 valence electrons. The molecule has 0 aliphatic rings. The summed E-state index contributed by atoms with van der Waals surface area (Å²) in [6, 6.07) is 4.29. The molecule has 0 saturated heterocycles. The topological polar surface area (TPSA) is 27.6 Å². The van der Waals surface area contributed by atoms with E-state index < -0.39 is 0 Å². The second-order valence-electron chi connectivity index (χ2n) is 4.07. The molecule has 1 N–H and O–H groups in total. The Hall–Kier alpha value is 0.0500. The zero-order valence-corrected chi connectivity index (χ0v) is 15.9. The molecule has 0 unspecified atom stereocenters. The van der Waals surface area contributed by atoms with E-state index in [0.29, 0.717) is 0 Å². The summed E-state index contributed by atoms with van der Waals surface area (Å²) in [5.41, 5.74) is 0. The van der Waals surface area contributed by atoms with Gasteiger partial charge < -0.3 is 10.2 Å². The molecular formula is C13H24IN3S2. The van der Waals surface area contributed by atoms with Gasteiger partial charge in [-0.05, 0) is 36.3 Å². The Labute approximate surface area is 142 Å². The van der Waals surface area contributed by atoms with Gasteiger partial charge in [-0.3, -0.25) is 4.99 Å². The molecule has 0 aliphatic heterocycles. The Morgan fingerprint density at radius 1 is 1.53 bits per heavy atom. The summed E-state index contributed by atoms with van der Waals surface area (Å²) in [5.74, 6) is 2.19. The maximum absolute atomic E-state index is 4.31. The van der Waals surface area contributed by atoms with Crippen LogP contribution in [0.1, 0.15) is 11.3 Å². The van der Waals surface area contributed by atoms with Crippen molar-refractivity contribution in [2.24, 2.45) is 4.99 Å². The van der Waals surface area contributed by atoms with E-state index in [0.717, 1.165) is 25.5 Å². The largest absolute Gasteiger partial charge is 0.356 e. The lowest BCUT2D eigenvalue weighted by Crippen LogP contribution is -2.40. The third kappa shape index (κ3) is 8.04. The van der Waals surface area contributed by atoms with Gasteiger partial charge in [0.1, 0.15) is 0 Å². The molecule has 3 nitrogen and oxygen atoms in total. The first kappa shape index (κ1) is 19.1. The number of aliphatic imine (C=N–C) groups is 1. The number of guanidine groups is 1.